The molecule has 2 aliphatic rings. The lowest BCUT2D eigenvalue weighted by molar-refractivity contribution is -0.0958. The Balaban J connectivity index is 2.19. The van der Waals surface area contributed by atoms with Gasteiger partial charge in [-0.15, -0.1) is 0 Å². The van der Waals surface area contributed by atoms with Gasteiger partial charge in [0.25, 0.3) is 0 Å². The third-order valence-electron chi connectivity index (χ3n) is 3.37. The SMILES string of the molecule is C[C@@H]1CCC[C@@]12OCCN2C. The van der Waals surface area contributed by atoms with E-state index in [4.69, 9.17) is 4.74 Å². The van der Waals surface area contributed by atoms with E-state index in [0.29, 0.717) is 0 Å². The number of rotatable bonds is 0. The summed E-state index contributed by atoms with van der Waals surface area (Å²) in [5.41, 5.74) is 0.139. The molecule has 0 unspecified atom stereocenters. The fraction of sp³-hybridized carbons (Fsp3) is 1.00. The second kappa shape index (κ2) is 2.46. The standard InChI is InChI=1S/C9H17NO/c1-8-4-3-5-9(8)10(2)6-7-11-9/h8H,3-7H2,1-2H3/t8-,9-/m1/s1. The van der Waals surface area contributed by atoms with Gasteiger partial charge in [0, 0.05) is 6.54 Å². The summed E-state index contributed by atoms with van der Waals surface area (Å²) in [7, 11) is 2.19. The van der Waals surface area contributed by atoms with Gasteiger partial charge in [-0.2, -0.15) is 0 Å². The molecule has 1 spiro atoms. The summed E-state index contributed by atoms with van der Waals surface area (Å²) in [5.74, 6) is 0.731. The van der Waals surface area contributed by atoms with E-state index in [2.05, 4.69) is 18.9 Å². The monoisotopic (exact) mass is 155 g/mol. The first-order chi connectivity index (χ1) is 5.26. The lowest BCUT2D eigenvalue weighted by Crippen LogP contribution is -2.44. The van der Waals surface area contributed by atoms with Crippen molar-refractivity contribution in [3.63, 3.8) is 0 Å². The molecule has 2 heteroatoms. The molecule has 1 heterocycles. The van der Waals surface area contributed by atoms with Crippen LogP contribution in [-0.2, 0) is 4.74 Å². The van der Waals surface area contributed by atoms with Gasteiger partial charge < -0.3 is 4.74 Å². The Morgan fingerprint density at radius 2 is 2.36 bits per heavy atom. The Morgan fingerprint density at radius 3 is 2.82 bits per heavy atom. The maximum atomic E-state index is 5.85. The Hall–Kier alpha value is -0.0800. The van der Waals surface area contributed by atoms with E-state index in [-0.39, 0.29) is 5.72 Å². The van der Waals surface area contributed by atoms with E-state index in [0.717, 1.165) is 19.1 Å². The van der Waals surface area contributed by atoms with Gasteiger partial charge >= 0.3 is 0 Å². The zero-order valence-electron chi connectivity index (χ0n) is 7.47. The van der Waals surface area contributed by atoms with Gasteiger partial charge in [-0.1, -0.05) is 6.92 Å². The molecule has 64 valence electrons. The Kier molecular flexibility index (Phi) is 1.69. The van der Waals surface area contributed by atoms with Crippen LogP contribution in [0.5, 0.6) is 0 Å². The van der Waals surface area contributed by atoms with Crippen molar-refractivity contribution < 1.29 is 4.74 Å². The molecule has 1 saturated heterocycles. The van der Waals surface area contributed by atoms with Crippen LogP contribution in [0.15, 0.2) is 0 Å². The quantitative estimate of drug-likeness (QED) is 0.525. The summed E-state index contributed by atoms with van der Waals surface area (Å²) < 4.78 is 5.85. The summed E-state index contributed by atoms with van der Waals surface area (Å²) in [4.78, 5) is 2.39. The molecule has 0 aromatic heterocycles. The fourth-order valence-corrected chi connectivity index (χ4v) is 2.57. The van der Waals surface area contributed by atoms with E-state index < -0.39 is 0 Å². The second-order valence-electron chi connectivity index (χ2n) is 3.91. The van der Waals surface area contributed by atoms with Crippen LogP contribution in [-0.4, -0.2) is 30.8 Å². The predicted octanol–water partition coefficient (Wildman–Crippen LogP) is 1.46. The van der Waals surface area contributed by atoms with Gasteiger partial charge in [0.05, 0.1) is 6.61 Å². The third-order valence-corrected chi connectivity index (χ3v) is 3.37. The Morgan fingerprint density at radius 1 is 1.55 bits per heavy atom. The highest BCUT2D eigenvalue weighted by atomic mass is 16.5. The van der Waals surface area contributed by atoms with Gasteiger partial charge in [0.2, 0.25) is 0 Å². The zero-order valence-corrected chi connectivity index (χ0v) is 7.47. The topological polar surface area (TPSA) is 12.5 Å². The Labute approximate surface area is 68.5 Å². The van der Waals surface area contributed by atoms with E-state index in [1.807, 2.05) is 0 Å². The van der Waals surface area contributed by atoms with Crippen LogP contribution < -0.4 is 0 Å². The molecular formula is C9H17NO. The molecule has 1 saturated carbocycles. The largest absolute Gasteiger partial charge is 0.359 e. The van der Waals surface area contributed by atoms with Gasteiger partial charge in [-0.3, -0.25) is 4.90 Å². The molecule has 2 rings (SSSR count). The van der Waals surface area contributed by atoms with Crippen LogP contribution in [0.25, 0.3) is 0 Å². The summed E-state index contributed by atoms with van der Waals surface area (Å²) in [6.07, 6.45) is 3.92. The number of hydrogen-bond acceptors (Lipinski definition) is 2. The molecule has 0 radical (unpaired) electrons. The van der Waals surface area contributed by atoms with Crippen molar-refractivity contribution in [2.24, 2.45) is 5.92 Å². The Bertz CT molecular complexity index is 140. The zero-order chi connectivity index (χ0) is 7.90. The van der Waals surface area contributed by atoms with E-state index in [1.165, 1.54) is 19.3 Å². The van der Waals surface area contributed by atoms with E-state index >= 15 is 0 Å². The molecule has 0 amide bonds. The minimum absolute atomic E-state index is 0.139. The molecule has 0 N–H and O–H groups in total. The molecule has 11 heavy (non-hydrogen) atoms. The van der Waals surface area contributed by atoms with Crippen LogP contribution in [0.3, 0.4) is 0 Å². The average molecular weight is 155 g/mol. The molecule has 2 nitrogen and oxygen atoms in total. The lowest BCUT2D eigenvalue weighted by Gasteiger charge is -2.34. The van der Waals surface area contributed by atoms with Gasteiger partial charge in [-0.05, 0) is 32.2 Å². The van der Waals surface area contributed by atoms with E-state index in [9.17, 15) is 0 Å². The van der Waals surface area contributed by atoms with Crippen molar-refractivity contribution >= 4 is 0 Å². The molecule has 2 atom stereocenters. The van der Waals surface area contributed by atoms with Crippen molar-refractivity contribution in [3.05, 3.63) is 0 Å². The maximum absolute atomic E-state index is 5.85. The predicted molar refractivity (Wildman–Crippen MR) is 44.3 cm³/mol. The van der Waals surface area contributed by atoms with Crippen molar-refractivity contribution in [2.75, 3.05) is 20.2 Å². The molecule has 1 aliphatic heterocycles. The third kappa shape index (κ3) is 0.926. The molecule has 2 fully saturated rings. The van der Waals surface area contributed by atoms with Crippen LogP contribution in [0.4, 0.5) is 0 Å². The molecule has 1 aliphatic carbocycles. The van der Waals surface area contributed by atoms with Crippen LogP contribution >= 0.6 is 0 Å². The van der Waals surface area contributed by atoms with Gasteiger partial charge in [0.15, 0.2) is 0 Å². The van der Waals surface area contributed by atoms with Crippen LogP contribution in [0.1, 0.15) is 26.2 Å². The summed E-state index contributed by atoms with van der Waals surface area (Å²) in [5, 5.41) is 0. The molecular weight excluding hydrogens is 138 g/mol. The fourth-order valence-electron chi connectivity index (χ4n) is 2.57. The first-order valence-corrected chi connectivity index (χ1v) is 4.61. The first-order valence-electron chi connectivity index (χ1n) is 4.61. The summed E-state index contributed by atoms with van der Waals surface area (Å²) in [6.45, 7) is 4.36. The summed E-state index contributed by atoms with van der Waals surface area (Å²) in [6, 6.07) is 0. The first kappa shape index (κ1) is 7.56. The molecule has 0 aromatic carbocycles. The van der Waals surface area contributed by atoms with Crippen molar-refractivity contribution in [3.8, 4) is 0 Å². The highest BCUT2D eigenvalue weighted by Crippen LogP contribution is 2.42. The normalized spacial score (nSPS) is 45.8. The highest BCUT2D eigenvalue weighted by Gasteiger charge is 2.47. The molecule has 0 aromatic rings. The second-order valence-corrected chi connectivity index (χ2v) is 3.91. The maximum Gasteiger partial charge on any atom is 0.124 e. The highest BCUT2D eigenvalue weighted by molar-refractivity contribution is 4.93. The smallest absolute Gasteiger partial charge is 0.124 e. The number of nitrogens with zero attached hydrogens (tertiary/aromatic N) is 1. The van der Waals surface area contributed by atoms with E-state index in [1.54, 1.807) is 0 Å². The van der Waals surface area contributed by atoms with Crippen LogP contribution in [0.2, 0.25) is 0 Å². The lowest BCUT2D eigenvalue weighted by atomic mass is 10.0. The number of ether oxygens (including phenoxy) is 1. The van der Waals surface area contributed by atoms with Crippen molar-refractivity contribution in [2.45, 2.75) is 31.9 Å². The minimum atomic E-state index is 0.139. The number of likely N-dealkylation sites (N-methyl/N-ethyl adjacent to an activating group) is 1. The minimum Gasteiger partial charge on any atom is -0.359 e. The molecule has 0 bridgehead atoms. The van der Waals surface area contributed by atoms with Gasteiger partial charge in [-0.25, -0.2) is 0 Å². The average Bonchev–Trinajstić information content (AvgIpc) is 2.48. The number of hydrogen-bond donors (Lipinski definition) is 0. The summed E-state index contributed by atoms with van der Waals surface area (Å²) >= 11 is 0. The van der Waals surface area contributed by atoms with Crippen molar-refractivity contribution in [1.29, 1.82) is 0 Å². The van der Waals surface area contributed by atoms with Crippen molar-refractivity contribution in [1.82, 2.24) is 4.90 Å². The van der Waals surface area contributed by atoms with Gasteiger partial charge in [0.1, 0.15) is 5.72 Å². The van der Waals surface area contributed by atoms with Crippen LogP contribution in [0, 0.1) is 5.92 Å².